The Morgan fingerprint density at radius 3 is 2.53 bits per heavy atom. The van der Waals surface area contributed by atoms with Crippen LogP contribution < -0.4 is 9.80 Å². The second kappa shape index (κ2) is 11.2. The van der Waals surface area contributed by atoms with Gasteiger partial charge in [0.1, 0.15) is 5.69 Å². The van der Waals surface area contributed by atoms with E-state index in [1.807, 2.05) is 60.3 Å². The van der Waals surface area contributed by atoms with Gasteiger partial charge in [-0.3, -0.25) is 9.59 Å². The second-order valence-corrected chi connectivity index (χ2v) is 10.5. The van der Waals surface area contributed by atoms with Crippen molar-refractivity contribution in [2.24, 2.45) is 5.92 Å². The minimum absolute atomic E-state index is 0.0277. The van der Waals surface area contributed by atoms with Gasteiger partial charge in [-0.2, -0.15) is 0 Å². The lowest BCUT2D eigenvalue weighted by Gasteiger charge is -2.28. The highest BCUT2D eigenvalue weighted by Gasteiger charge is 2.24. The topological polar surface area (TPSA) is 62.9 Å². The van der Waals surface area contributed by atoms with Crippen LogP contribution in [-0.4, -0.2) is 73.9 Å². The Balaban J connectivity index is 1.68. The zero-order valence-corrected chi connectivity index (χ0v) is 22.3. The molecular formula is C29H39N5O2. The van der Waals surface area contributed by atoms with Gasteiger partial charge in [0, 0.05) is 69.0 Å². The molecular weight excluding hydrogens is 450 g/mol. The summed E-state index contributed by atoms with van der Waals surface area (Å²) in [5, 5.41) is 1.02. The number of hydrogen-bond acceptors (Lipinski definition) is 4. The Bertz CT molecular complexity index is 1220. The van der Waals surface area contributed by atoms with Crippen LogP contribution in [0.2, 0.25) is 0 Å². The fourth-order valence-electron chi connectivity index (χ4n) is 4.79. The van der Waals surface area contributed by atoms with Gasteiger partial charge in [0.25, 0.3) is 5.91 Å². The van der Waals surface area contributed by atoms with E-state index in [9.17, 15) is 9.59 Å². The maximum absolute atomic E-state index is 13.8. The molecule has 2 amide bonds. The molecule has 7 nitrogen and oxygen atoms in total. The van der Waals surface area contributed by atoms with E-state index < -0.39 is 0 Å². The summed E-state index contributed by atoms with van der Waals surface area (Å²) in [7, 11) is 6.10. The molecule has 0 unspecified atom stereocenters. The number of nitrogens with one attached hydrogen (secondary N) is 1. The number of carbonyl (C=O) groups is 2. The first-order chi connectivity index (χ1) is 17.2. The summed E-state index contributed by atoms with van der Waals surface area (Å²) in [6.45, 7) is 7.54. The zero-order valence-electron chi connectivity index (χ0n) is 22.3. The van der Waals surface area contributed by atoms with Gasteiger partial charge in [-0.05, 0) is 55.8 Å². The molecule has 1 aliphatic heterocycles. The zero-order chi connectivity index (χ0) is 25.8. The number of hydrogen-bond donors (Lipinski definition) is 1. The predicted molar refractivity (Wildman–Crippen MR) is 148 cm³/mol. The monoisotopic (exact) mass is 489 g/mol. The standard InChI is InChI=1S/C29H39N5O2/c1-21(2)17-28(35)34-14-8-13-32(5)15-16-33(20-23-9-6-7-10-27(23)34)29(36)26-18-22-11-12-24(31(3)4)19-25(22)30-26/h6-7,9-12,18-19,21,30H,8,13-17,20H2,1-5H3. The molecule has 1 N–H and O–H groups in total. The van der Waals surface area contributed by atoms with E-state index in [2.05, 4.69) is 47.8 Å². The lowest BCUT2D eigenvalue weighted by Crippen LogP contribution is -2.37. The Labute approximate surface area is 214 Å². The number of anilines is 2. The Morgan fingerprint density at radius 1 is 1.00 bits per heavy atom. The van der Waals surface area contributed by atoms with Crippen molar-refractivity contribution in [2.45, 2.75) is 33.2 Å². The summed E-state index contributed by atoms with van der Waals surface area (Å²) in [4.78, 5) is 38.5. The van der Waals surface area contributed by atoms with Crippen molar-refractivity contribution in [1.82, 2.24) is 14.8 Å². The van der Waals surface area contributed by atoms with E-state index in [4.69, 9.17) is 0 Å². The van der Waals surface area contributed by atoms with Crippen LogP contribution in [0.5, 0.6) is 0 Å². The molecule has 0 spiro atoms. The van der Waals surface area contributed by atoms with Gasteiger partial charge < -0.3 is 24.6 Å². The molecule has 4 rings (SSSR count). The minimum Gasteiger partial charge on any atom is -0.378 e. The van der Waals surface area contributed by atoms with Crippen LogP contribution in [0.15, 0.2) is 48.5 Å². The number of rotatable bonds is 4. The summed E-state index contributed by atoms with van der Waals surface area (Å²) < 4.78 is 0. The highest BCUT2D eigenvalue weighted by Crippen LogP contribution is 2.27. The molecule has 0 aliphatic carbocycles. The van der Waals surface area contributed by atoms with Gasteiger partial charge in [-0.1, -0.05) is 38.1 Å². The number of H-pyrrole nitrogens is 1. The molecule has 36 heavy (non-hydrogen) atoms. The number of likely N-dealkylation sites (N-methyl/N-ethyl adjacent to an activating group) is 1. The fourth-order valence-corrected chi connectivity index (χ4v) is 4.79. The van der Waals surface area contributed by atoms with Crippen molar-refractivity contribution in [3.8, 4) is 0 Å². The number of aromatic amines is 1. The van der Waals surface area contributed by atoms with Crippen molar-refractivity contribution in [2.75, 3.05) is 57.1 Å². The van der Waals surface area contributed by atoms with Crippen LogP contribution in [0.4, 0.5) is 11.4 Å². The van der Waals surface area contributed by atoms with Gasteiger partial charge in [0.05, 0.1) is 0 Å². The third-order valence-corrected chi connectivity index (χ3v) is 6.84. The number of para-hydroxylation sites is 1. The molecule has 0 saturated carbocycles. The van der Waals surface area contributed by atoms with Crippen LogP contribution in [0.3, 0.4) is 0 Å². The van der Waals surface area contributed by atoms with E-state index in [0.717, 1.165) is 47.4 Å². The first-order valence-electron chi connectivity index (χ1n) is 12.9. The second-order valence-electron chi connectivity index (χ2n) is 10.5. The van der Waals surface area contributed by atoms with E-state index in [1.54, 1.807) is 0 Å². The van der Waals surface area contributed by atoms with Crippen LogP contribution in [-0.2, 0) is 11.3 Å². The summed E-state index contributed by atoms with van der Waals surface area (Å²) in [6, 6.07) is 16.1. The molecule has 1 aromatic heterocycles. The number of carbonyl (C=O) groups excluding carboxylic acids is 2. The molecule has 0 radical (unpaired) electrons. The van der Waals surface area contributed by atoms with Crippen LogP contribution >= 0.6 is 0 Å². The summed E-state index contributed by atoms with van der Waals surface area (Å²) in [5.41, 5.74) is 4.53. The van der Waals surface area contributed by atoms with Gasteiger partial charge in [-0.25, -0.2) is 0 Å². The molecule has 2 heterocycles. The Kier molecular flexibility index (Phi) is 7.99. The first kappa shape index (κ1) is 25.8. The molecule has 2 aromatic carbocycles. The number of aromatic nitrogens is 1. The molecule has 0 fully saturated rings. The first-order valence-corrected chi connectivity index (χ1v) is 12.9. The van der Waals surface area contributed by atoms with Crippen molar-refractivity contribution in [1.29, 1.82) is 0 Å². The molecule has 0 saturated heterocycles. The van der Waals surface area contributed by atoms with Gasteiger partial charge in [0.2, 0.25) is 5.91 Å². The predicted octanol–water partition coefficient (Wildman–Crippen LogP) is 4.59. The fraction of sp³-hybridized carbons (Fsp3) is 0.448. The number of nitrogens with zero attached hydrogens (tertiary/aromatic N) is 4. The van der Waals surface area contributed by atoms with E-state index in [0.29, 0.717) is 37.7 Å². The van der Waals surface area contributed by atoms with E-state index in [-0.39, 0.29) is 11.8 Å². The minimum atomic E-state index is -0.0277. The smallest absolute Gasteiger partial charge is 0.270 e. The van der Waals surface area contributed by atoms with Crippen LogP contribution in [0, 0.1) is 5.92 Å². The summed E-state index contributed by atoms with van der Waals surface area (Å²) >= 11 is 0. The average molecular weight is 490 g/mol. The highest BCUT2D eigenvalue weighted by atomic mass is 16.2. The SMILES string of the molecule is CC(C)CC(=O)N1CCCN(C)CCN(C(=O)c2cc3ccc(N(C)C)cc3[nH]2)Cc2ccccc21. The van der Waals surface area contributed by atoms with Crippen molar-refractivity contribution >= 4 is 34.1 Å². The molecule has 0 bridgehead atoms. The summed E-state index contributed by atoms with van der Waals surface area (Å²) in [6.07, 6.45) is 1.40. The van der Waals surface area contributed by atoms with Crippen molar-refractivity contribution in [3.63, 3.8) is 0 Å². The van der Waals surface area contributed by atoms with Gasteiger partial charge >= 0.3 is 0 Å². The Morgan fingerprint density at radius 2 is 1.78 bits per heavy atom. The van der Waals surface area contributed by atoms with Crippen molar-refractivity contribution < 1.29 is 9.59 Å². The highest BCUT2D eigenvalue weighted by molar-refractivity contribution is 5.99. The lowest BCUT2D eigenvalue weighted by atomic mass is 10.1. The largest absolute Gasteiger partial charge is 0.378 e. The third kappa shape index (κ3) is 5.90. The number of fused-ring (bicyclic) bond motifs is 2. The van der Waals surface area contributed by atoms with Crippen LogP contribution in [0.1, 0.15) is 42.7 Å². The number of amides is 2. The third-order valence-electron chi connectivity index (χ3n) is 6.84. The van der Waals surface area contributed by atoms with E-state index >= 15 is 0 Å². The molecule has 192 valence electrons. The molecule has 7 heteroatoms. The quantitative estimate of drug-likeness (QED) is 0.582. The molecule has 1 aliphatic rings. The van der Waals surface area contributed by atoms with Crippen LogP contribution in [0.25, 0.3) is 10.9 Å². The normalized spacial score (nSPS) is 15.6. The molecule has 3 aromatic rings. The maximum atomic E-state index is 13.8. The van der Waals surface area contributed by atoms with Crippen molar-refractivity contribution in [3.05, 3.63) is 59.8 Å². The molecule has 0 atom stereocenters. The van der Waals surface area contributed by atoms with E-state index in [1.165, 1.54) is 0 Å². The lowest BCUT2D eigenvalue weighted by molar-refractivity contribution is -0.119. The Hall–Kier alpha value is -3.32. The van der Waals surface area contributed by atoms with Gasteiger partial charge in [0.15, 0.2) is 0 Å². The summed E-state index contributed by atoms with van der Waals surface area (Å²) in [5.74, 6) is 0.406. The number of benzene rings is 2. The average Bonchev–Trinajstić information content (AvgIpc) is 3.26. The van der Waals surface area contributed by atoms with Gasteiger partial charge in [-0.15, -0.1) is 0 Å². The maximum Gasteiger partial charge on any atom is 0.270 e.